The van der Waals surface area contributed by atoms with Crippen LogP contribution in [0.4, 0.5) is 16.3 Å². The summed E-state index contributed by atoms with van der Waals surface area (Å²) in [6.45, 7) is 10.8. The molecule has 1 fully saturated rings. The van der Waals surface area contributed by atoms with Gasteiger partial charge in [-0.05, 0) is 33.3 Å². The quantitative estimate of drug-likeness (QED) is 0.333. The zero-order chi connectivity index (χ0) is 27.3. The van der Waals surface area contributed by atoms with E-state index in [1.54, 1.807) is 11.0 Å². The number of piperazine rings is 1. The number of nitrogens with one attached hydrogen (secondary N) is 1. The molecular weight excluding hydrogens is 488 g/mol. The number of amides is 1. The van der Waals surface area contributed by atoms with Crippen LogP contribution in [-0.2, 0) is 4.74 Å². The van der Waals surface area contributed by atoms with Gasteiger partial charge in [-0.2, -0.15) is 0 Å². The van der Waals surface area contributed by atoms with Gasteiger partial charge in [0.1, 0.15) is 24.4 Å². The number of carbonyl (C=O) groups excluding carboxylic acids is 1. The number of hydrogen-bond acceptors (Lipinski definition) is 9. The summed E-state index contributed by atoms with van der Waals surface area (Å²) in [7, 11) is 0. The average molecular weight is 523 g/mol. The molecule has 0 saturated carbocycles. The third-order valence-electron chi connectivity index (χ3n) is 6.25. The van der Waals surface area contributed by atoms with E-state index >= 15 is 0 Å². The Kier molecular flexibility index (Phi) is 8.26. The van der Waals surface area contributed by atoms with Crippen LogP contribution in [0.1, 0.15) is 39.3 Å². The summed E-state index contributed by atoms with van der Waals surface area (Å²) < 4.78 is 11.3. The highest BCUT2D eigenvalue weighted by Crippen LogP contribution is 2.34. The van der Waals surface area contributed by atoms with Gasteiger partial charge in [-0.1, -0.05) is 30.3 Å². The van der Waals surface area contributed by atoms with E-state index in [1.165, 1.54) is 12.4 Å². The van der Waals surface area contributed by atoms with Crippen molar-refractivity contribution in [2.45, 2.75) is 39.3 Å². The van der Waals surface area contributed by atoms with Gasteiger partial charge in [0.2, 0.25) is 0 Å². The minimum atomic E-state index is -0.529. The van der Waals surface area contributed by atoms with Gasteiger partial charge in [0.25, 0.3) is 0 Å². The predicted molar refractivity (Wildman–Crippen MR) is 144 cm³/mol. The number of rotatable bonds is 8. The normalized spacial score (nSPS) is 15.2. The molecule has 4 rings (SSSR count). The summed E-state index contributed by atoms with van der Waals surface area (Å²) in [6, 6.07) is 12.9. The van der Waals surface area contributed by atoms with Crippen LogP contribution in [0.2, 0.25) is 0 Å². The molecule has 0 spiro atoms. The second-order valence-corrected chi connectivity index (χ2v) is 10.3. The summed E-state index contributed by atoms with van der Waals surface area (Å²) in [5.74, 6) is 0.680. The van der Waals surface area contributed by atoms with E-state index in [-0.39, 0.29) is 30.2 Å². The molecule has 0 radical (unpaired) electrons. The number of nitrogens with zero attached hydrogens (tertiary/aromatic N) is 5. The summed E-state index contributed by atoms with van der Waals surface area (Å²) in [6.07, 6.45) is 1.12. The fourth-order valence-electron chi connectivity index (χ4n) is 4.24. The van der Waals surface area contributed by atoms with E-state index in [2.05, 4.69) is 20.2 Å². The number of fused-ring (bicyclic) bond motifs is 1. The molecule has 2 aromatic carbocycles. The van der Waals surface area contributed by atoms with E-state index in [9.17, 15) is 14.9 Å². The van der Waals surface area contributed by atoms with E-state index < -0.39 is 10.5 Å². The summed E-state index contributed by atoms with van der Waals surface area (Å²) in [5.41, 5.74) is 0.950. The summed E-state index contributed by atoms with van der Waals surface area (Å²) in [5, 5.41) is 15.8. The molecule has 11 nitrogen and oxygen atoms in total. The number of ether oxygens (including phenoxy) is 2. The summed E-state index contributed by atoms with van der Waals surface area (Å²) >= 11 is 0. The SMILES string of the molecule is C[C@@H](Nc1ncnc2cc(OCCN3CCN(C(=O)OC(C)(C)C)CC3)c([N+](=O)[O-])cc12)c1ccccc1. The molecule has 1 N–H and O–H groups in total. The van der Waals surface area contributed by atoms with E-state index in [0.717, 1.165) is 5.56 Å². The van der Waals surface area contributed by atoms with Crippen LogP contribution in [0, 0.1) is 10.1 Å². The van der Waals surface area contributed by atoms with E-state index in [4.69, 9.17) is 9.47 Å². The zero-order valence-corrected chi connectivity index (χ0v) is 22.2. The number of carbonyl (C=O) groups is 1. The maximum Gasteiger partial charge on any atom is 0.410 e. The van der Waals surface area contributed by atoms with Gasteiger partial charge < -0.3 is 19.7 Å². The Hall–Kier alpha value is -3.99. The standard InChI is InChI=1S/C27H34N6O5/c1-19(20-8-6-5-7-9-20)30-25-21-16-23(33(35)36)24(17-22(21)28-18-29-25)37-15-14-31-10-12-32(13-11-31)26(34)38-27(2,3)4/h5-9,16-19H,10-15H2,1-4H3,(H,28,29,30)/t19-/m1/s1. The van der Waals surface area contributed by atoms with Gasteiger partial charge in [-0.25, -0.2) is 14.8 Å². The highest BCUT2D eigenvalue weighted by molar-refractivity contribution is 5.92. The summed E-state index contributed by atoms with van der Waals surface area (Å²) in [4.78, 5) is 36.2. The Morgan fingerprint density at radius 3 is 2.50 bits per heavy atom. The number of hydrogen-bond donors (Lipinski definition) is 1. The Morgan fingerprint density at radius 1 is 1.13 bits per heavy atom. The van der Waals surface area contributed by atoms with Crippen molar-refractivity contribution in [3.8, 4) is 5.75 Å². The zero-order valence-electron chi connectivity index (χ0n) is 22.2. The fraction of sp³-hybridized carbons (Fsp3) is 0.444. The lowest BCUT2D eigenvalue weighted by molar-refractivity contribution is -0.385. The maximum absolute atomic E-state index is 12.3. The highest BCUT2D eigenvalue weighted by Gasteiger charge is 2.26. The van der Waals surface area contributed by atoms with Gasteiger partial charge in [0.05, 0.1) is 10.4 Å². The average Bonchev–Trinajstić information content (AvgIpc) is 2.88. The first-order chi connectivity index (χ1) is 18.1. The lowest BCUT2D eigenvalue weighted by Gasteiger charge is -2.35. The van der Waals surface area contributed by atoms with Crippen molar-refractivity contribution in [2.24, 2.45) is 0 Å². The van der Waals surface area contributed by atoms with Gasteiger partial charge in [-0.15, -0.1) is 0 Å². The van der Waals surface area contributed by atoms with Crippen LogP contribution in [0.5, 0.6) is 5.75 Å². The minimum Gasteiger partial charge on any atom is -0.485 e. The topological polar surface area (TPSA) is 123 Å². The molecule has 0 unspecified atom stereocenters. The molecule has 1 saturated heterocycles. The van der Waals surface area contributed by atoms with Crippen molar-refractivity contribution in [1.29, 1.82) is 0 Å². The number of benzene rings is 2. The van der Waals surface area contributed by atoms with Crippen molar-refractivity contribution in [3.63, 3.8) is 0 Å². The van der Waals surface area contributed by atoms with Crippen molar-refractivity contribution in [1.82, 2.24) is 19.8 Å². The van der Waals surface area contributed by atoms with Crippen LogP contribution in [0.3, 0.4) is 0 Å². The van der Waals surface area contributed by atoms with Crippen molar-refractivity contribution in [3.05, 3.63) is 64.5 Å². The molecule has 0 aliphatic carbocycles. The molecule has 3 aromatic rings. The lowest BCUT2D eigenvalue weighted by Crippen LogP contribution is -2.50. The van der Waals surface area contributed by atoms with Gasteiger partial charge in [0, 0.05) is 56.3 Å². The van der Waals surface area contributed by atoms with Gasteiger partial charge in [-0.3, -0.25) is 15.0 Å². The van der Waals surface area contributed by atoms with Crippen LogP contribution >= 0.6 is 0 Å². The van der Waals surface area contributed by atoms with Crippen molar-refractivity contribution in [2.75, 3.05) is 44.6 Å². The van der Waals surface area contributed by atoms with Gasteiger partial charge >= 0.3 is 11.8 Å². The largest absolute Gasteiger partial charge is 0.485 e. The number of anilines is 1. The number of nitro groups is 1. The predicted octanol–water partition coefficient (Wildman–Crippen LogP) is 4.64. The molecule has 11 heteroatoms. The first-order valence-corrected chi connectivity index (χ1v) is 12.7. The molecule has 1 amide bonds. The molecule has 1 aromatic heterocycles. The number of nitro benzene ring substituents is 1. The van der Waals surface area contributed by atoms with Crippen molar-refractivity contribution < 1.29 is 19.2 Å². The molecular formula is C27H34N6O5. The molecule has 1 aliphatic heterocycles. The molecule has 0 bridgehead atoms. The first-order valence-electron chi connectivity index (χ1n) is 12.7. The Balaban J connectivity index is 1.40. The Bertz CT molecular complexity index is 1270. The van der Waals surface area contributed by atoms with Crippen molar-refractivity contribution >= 4 is 28.5 Å². The fourth-order valence-corrected chi connectivity index (χ4v) is 4.24. The molecule has 2 heterocycles. The highest BCUT2D eigenvalue weighted by atomic mass is 16.6. The van der Waals surface area contributed by atoms with E-state index in [1.807, 2.05) is 58.0 Å². The number of aromatic nitrogens is 2. The Labute approximate surface area is 221 Å². The second kappa shape index (κ2) is 11.6. The monoisotopic (exact) mass is 522 g/mol. The molecule has 202 valence electrons. The van der Waals surface area contributed by atoms with Crippen LogP contribution < -0.4 is 10.1 Å². The second-order valence-electron chi connectivity index (χ2n) is 10.3. The van der Waals surface area contributed by atoms with Crippen LogP contribution in [0.25, 0.3) is 10.9 Å². The van der Waals surface area contributed by atoms with Crippen LogP contribution in [-0.4, -0.2) is 75.7 Å². The van der Waals surface area contributed by atoms with E-state index in [0.29, 0.717) is 49.4 Å². The lowest BCUT2D eigenvalue weighted by atomic mass is 10.1. The van der Waals surface area contributed by atoms with Crippen LogP contribution in [0.15, 0.2) is 48.8 Å². The first kappa shape index (κ1) is 27.1. The molecule has 1 aliphatic rings. The molecule has 1 atom stereocenters. The smallest absolute Gasteiger partial charge is 0.410 e. The molecule has 38 heavy (non-hydrogen) atoms. The minimum absolute atomic E-state index is 0.0555. The maximum atomic E-state index is 12.3. The Morgan fingerprint density at radius 2 is 1.84 bits per heavy atom. The van der Waals surface area contributed by atoms with Gasteiger partial charge in [0.15, 0.2) is 5.75 Å². The third kappa shape index (κ3) is 6.86. The third-order valence-corrected chi connectivity index (χ3v) is 6.25.